The second kappa shape index (κ2) is 4.84. The summed E-state index contributed by atoms with van der Waals surface area (Å²) in [5.41, 5.74) is 3.60. The zero-order chi connectivity index (χ0) is 14.4. The molecule has 0 amide bonds. The summed E-state index contributed by atoms with van der Waals surface area (Å²) in [6.45, 7) is 2.18. The van der Waals surface area contributed by atoms with Gasteiger partial charge in [-0.15, -0.1) is 5.10 Å². The van der Waals surface area contributed by atoms with Gasteiger partial charge in [0.25, 0.3) is 0 Å². The first-order valence-corrected chi connectivity index (χ1v) is 8.24. The molecule has 21 heavy (non-hydrogen) atoms. The first-order valence-electron chi connectivity index (χ1n) is 7.43. The highest BCUT2D eigenvalue weighted by molar-refractivity contribution is 7.20. The fourth-order valence-corrected chi connectivity index (χ4v) is 3.50. The minimum Gasteiger partial charge on any atom is -0.347 e. The number of imidazole rings is 1. The van der Waals surface area contributed by atoms with Crippen LogP contribution in [-0.2, 0) is 6.42 Å². The molecule has 3 aromatic rings. The monoisotopic (exact) mass is 298 g/mol. The molecule has 0 unspecified atom stereocenters. The Labute approximate surface area is 128 Å². The molecule has 1 fully saturated rings. The smallest absolute Gasteiger partial charge is 0.214 e. The van der Waals surface area contributed by atoms with E-state index >= 15 is 0 Å². The van der Waals surface area contributed by atoms with Crippen molar-refractivity contribution in [2.24, 2.45) is 0 Å². The van der Waals surface area contributed by atoms with Crippen molar-refractivity contribution in [1.29, 1.82) is 0 Å². The van der Waals surface area contributed by atoms with E-state index in [4.69, 9.17) is 5.10 Å². The van der Waals surface area contributed by atoms with E-state index in [2.05, 4.69) is 48.1 Å². The van der Waals surface area contributed by atoms with E-state index in [1.807, 2.05) is 10.7 Å². The van der Waals surface area contributed by atoms with E-state index in [9.17, 15) is 0 Å². The predicted molar refractivity (Wildman–Crippen MR) is 87.1 cm³/mol. The van der Waals surface area contributed by atoms with Gasteiger partial charge < -0.3 is 4.90 Å². The van der Waals surface area contributed by atoms with Gasteiger partial charge in [-0.1, -0.05) is 36.5 Å². The van der Waals surface area contributed by atoms with Crippen molar-refractivity contribution < 1.29 is 0 Å². The molecule has 5 heteroatoms. The van der Waals surface area contributed by atoms with Gasteiger partial charge in [-0.05, 0) is 30.9 Å². The SMILES string of the molecule is CCc1cccc(-c2cnc3sc(N(C)C4CC4)nn23)c1. The highest BCUT2D eigenvalue weighted by Crippen LogP contribution is 2.34. The van der Waals surface area contributed by atoms with Gasteiger partial charge in [-0.3, -0.25) is 0 Å². The molecule has 0 radical (unpaired) electrons. The van der Waals surface area contributed by atoms with E-state index < -0.39 is 0 Å². The van der Waals surface area contributed by atoms with Crippen LogP contribution in [-0.4, -0.2) is 27.7 Å². The summed E-state index contributed by atoms with van der Waals surface area (Å²) in [5.74, 6) is 0. The molecule has 1 aromatic carbocycles. The maximum absolute atomic E-state index is 4.76. The molecule has 4 nitrogen and oxygen atoms in total. The fraction of sp³-hybridized carbons (Fsp3) is 0.375. The van der Waals surface area contributed by atoms with E-state index in [-0.39, 0.29) is 0 Å². The molecular formula is C16H18N4S. The Kier molecular flexibility index (Phi) is 2.96. The number of aromatic nitrogens is 3. The minimum atomic E-state index is 0.674. The topological polar surface area (TPSA) is 33.4 Å². The summed E-state index contributed by atoms with van der Waals surface area (Å²) < 4.78 is 1.98. The van der Waals surface area contributed by atoms with Gasteiger partial charge in [0.1, 0.15) is 0 Å². The van der Waals surface area contributed by atoms with E-state index in [0.717, 1.165) is 22.2 Å². The number of aryl methyl sites for hydroxylation is 1. The number of hydrogen-bond acceptors (Lipinski definition) is 4. The van der Waals surface area contributed by atoms with Crippen LogP contribution in [0.3, 0.4) is 0 Å². The number of benzene rings is 1. The van der Waals surface area contributed by atoms with Crippen LogP contribution in [0.1, 0.15) is 25.3 Å². The second-order valence-corrected chi connectivity index (χ2v) is 6.55. The minimum absolute atomic E-state index is 0.674. The molecule has 0 spiro atoms. The maximum Gasteiger partial charge on any atom is 0.214 e. The lowest BCUT2D eigenvalue weighted by atomic mass is 10.1. The normalized spacial score (nSPS) is 14.8. The zero-order valence-corrected chi connectivity index (χ0v) is 13.1. The van der Waals surface area contributed by atoms with Crippen LogP contribution in [0.25, 0.3) is 16.2 Å². The highest BCUT2D eigenvalue weighted by Gasteiger charge is 2.28. The zero-order valence-electron chi connectivity index (χ0n) is 12.3. The third kappa shape index (κ3) is 2.21. The highest BCUT2D eigenvalue weighted by atomic mass is 32.1. The first kappa shape index (κ1) is 12.8. The first-order chi connectivity index (χ1) is 10.3. The number of hydrogen-bond donors (Lipinski definition) is 0. The Morgan fingerprint density at radius 2 is 2.24 bits per heavy atom. The summed E-state index contributed by atoms with van der Waals surface area (Å²) >= 11 is 1.67. The molecular weight excluding hydrogens is 280 g/mol. The number of nitrogens with zero attached hydrogens (tertiary/aromatic N) is 4. The second-order valence-electron chi connectivity index (χ2n) is 5.62. The molecule has 0 atom stereocenters. The van der Waals surface area contributed by atoms with E-state index in [1.165, 1.54) is 24.0 Å². The van der Waals surface area contributed by atoms with Gasteiger partial charge in [-0.25, -0.2) is 9.50 Å². The summed E-state index contributed by atoms with van der Waals surface area (Å²) in [4.78, 5) is 7.78. The summed E-state index contributed by atoms with van der Waals surface area (Å²) in [6, 6.07) is 9.30. The van der Waals surface area contributed by atoms with Crippen molar-refractivity contribution in [3.63, 3.8) is 0 Å². The Balaban J connectivity index is 1.77. The van der Waals surface area contributed by atoms with Crippen LogP contribution in [0.5, 0.6) is 0 Å². The van der Waals surface area contributed by atoms with Crippen LogP contribution in [0.15, 0.2) is 30.5 Å². The molecule has 0 N–H and O–H groups in total. The van der Waals surface area contributed by atoms with Crippen LogP contribution >= 0.6 is 11.3 Å². The maximum atomic E-state index is 4.76. The third-order valence-electron chi connectivity index (χ3n) is 4.10. The molecule has 0 aliphatic heterocycles. The quantitative estimate of drug-likeness (QED) is 0.737. The average molecular weight is 298 g/mol. The molecule has 1 saturated carbocycles. The lowest BCUT2D eigenvalue weighted by Gasteiger charge is -2.12. The summed E-state index contributed by atoms with van der Waals surface area (Å²) in [7, 11) is 2.13. The summed E-state index contributed by atoms with van der Waals surface area (Å²) in [6.07, 6.45) is 5.53. The Hall–Kier alpha value is -1.88. The standard InChI is InChI=1S/C16H18N4S/c1-3-11-5-4-6-12(9-11)14-10-17-15-20(14)18-16(21-15)19(2)13-7-8-13/h4-6,9-10,13H,3,7-8H2,1-2H3. The van der Waals surface area contributed by atoms with Crippen molar-refractivity contribution in [3.8, 4) is 11.3 Å². The molecule has 0 saturated heterocycles. The van der Waals surface area contributed by atoms with Crippen LogP contribution in [0.2, 0.25) is 0 Å². The summed E-state index contributed by atoms with van der Waals surface area (Å²) in [5, 5.41) is 5.83. The van der Waals surface area contributed by atoms with Crippen molar-refractivity contribution in [1.82, 2.24) is 14.6 Å². The predicted octanol–water partition coefficient (Wildman–Crippen LogP) is 3.62. The van der Waals surface area contributed by atoms with Gasteiger partial charge in [0.2, 0.25) is 10.1 Å². The largest absolute Gasteiger partial charge is 0.347 e. The van der Waals surface area contributed by atoms with Gasteiger partial charge in [0.15, 0.2) is 0 Å². The number of anilines is 1. The number of rotatable bonds is 4. The van der Waals surface area contributed by atoms with E-state index in [0.29, 0.717) is 6.04 Å². The Morgan fingerprint density at radius 3 is 3.00 bits per heavy atom. The van der Waals surface area contributed by atoms with Crippen LogP contribution < -0.4 is 4.90 Å². The number of fused-ring (bicyclic) bond motifs is 1. The molecule has 4 rings (SSSR count). The molecule has 0 bridgehead atoms. The lowest BCUT2D eigenvalue weighted by molar-refractivity contribution is 0.868. The van der Waals surface area contributed by atoms with Gasteiger partial charge >= 0.3 is 0 Å². The molecule has 2 aromatic heterocycles. The Morgan fingerprint density at radius 1 is 1.38 bits per heavy atom. The van der Waals surface area contributed by atoms with Crippen molar-refractivity contribution >= 4 is 21.4 Å². The van der Waals surface area contributed by atoms with Gasteiger partial charge in [0.05, 0.1) is 11.9 Å². The van der Waals surface area contributed by atoms with Crippen LogP contribution in [0, 0.1) is 0 Å². The van der Waals surface area contributed by atoms with Crippen molar-refractivity contribution in [2.45, 2.75) is 32.2 Å². The molecule has 1 aliphatic carbocycles. The van der Waals surface area contributed by atoms with Crippen molar-refractivity contribution in [3.05, 3.63) is 36.0 Å². The Bertz CT molecular complexity index is 785. The molecule has 2 heterocycles. The van der Waals surface area contributed by atoms with E-state index in [1.54, 1.807) is 11.3 Å². The molecule has 1 aliphatic rings. The van der Waals surface area contributed by atoms with Gasteiger partial charge in [-0.2, -0.15) is 0 Å². The average Bonchev–Trinajstić information content (AvgIpc) is 3.16. The molecule has 108 valence electrons. The van der Waals surface area contributed by atoms with Crippen LogP contribution in [0.4, 0.5) is 5.13 Å². The van der Waals surface area contributed by atoms with Crippen molar-refractivity contribution in [2.75, 3.05) is 11.9 Å². The lowest BCUT2D eigenvalue weighted by Crippen LogP contribution is -2.19. The fourth-order valence-electron chi connectivity index (χ4n) is 2.59. The van der Waals surface area contributed by atoms with Gasteiger partial charge in [0, 0.05) is 18.7 Å². The third-order valence-corrected chi connectivity index (χ3v) is 5.12.